The molecule has 0 saturated heterocycles. The molecule has 0 spiro atoms. The number of hydrogen-bond acceptors (Lipinski definition) is 5. The molecule has 7 heteroatoms. The molecule has 0 bridgehead atoms. The van der Waals surface area contributed by atoms with Gasteiger partial charge in [-0.1, -0.05) is 0 Å². The summed E-state index contributed by atoms with van der Waals surface area (Å²) < 4.78 is 11.1. The first-order valence-corrected chi connectivity index (χ1v) is 6.68. The zero-order chi connectivity index (χ0) is 14.1. The summed E-state index contributed by atoms with van der Waals surface area (Å²) in [7, 11) is 0. The van der Waals surface area contributed by atoms with Crippen LogP contribution in [0.25, 0.3) is 11.2 Å². The number of nitrogens with zero attached hydrogens (tertiary/aromatic N) is 2. The standard InChI is InChI=1S/C13H10BrN3O3/c1-7(20-13(18)10-3-2-4-19-10)11-16-9-5-8(14)6-15-12(9)17-11/h2-7H,1H3,(H,15,16,17)/t7-/m1/s1. The Balaban J connectivity index is 1.81. The van der Waals surface area contributed by atoms with E-state index in [0.717, 1.165) is 9.99 Å². The number of aromatic nitrogens is 3. The number of hydrogen-bond donors (Lipinski definition) is 1. The first-order valence-electron chi connectivity index (χ1n) is 5.89. The molecule has 0 radical (unpaired) electrons. The normalized spacial score (nSPS) is 12.5. The number of halogens is 1. The third-order valence-corrected chi connectivity index (χ3v) is 3.15. The van der Waals surface area contributed by atoms with Gasteiger partial charge in [0.1, 0.15) is 5.82 Å². The summed E-state index contributed by atoms with van der Waals surface area (Å²) in [5.74, 6) is 0.163. The summed E-state index contributed by atoms with van der Waals surface area (Å²) in [6, 6.07) is 5.04. The van der Waals surface area contributed by atoms with Crippen LogP contribution >= 0.6 is 15.9 Å². The second-order valence-corrected chi connectivity index (χ2v) is 5.09. The van der Waals surface area contributed by atoms with Crippen LogP contribution < -0.4 is 0 Å². The Morgan fingerprint density at radius 3 is 3.15 bits per heavy atom. The molecule has 3 heterocycles. The molecule has 0 unspecified atom stereocenters. The maximum Gasteiger partial charge on any atom is 0.374 e. The molecule has 102 valence electrons. The minimum Gasteiger partial charge on any atom is -0.457 e. The Kier molecular flexibility index (Phi) is 3.27. The Labute approximate surface area is 122 Å². The Morgan fingerprint density at radius 1 is 1.55 bits per heavy atom. The number of aromatic amines is 1. The zero-order valence-corrected chi connectivity index (χ0v) is 12.0. The third-order valence-electron chi connectivity index (χ3n) is 2.71. The van der Waals surface area contributed by atoms with Crippen LogP contribution in [0.3, 0.4) is 0 Å². The van der Waals surface area contributed by atoms with Crippen molar-refractivity contribution in [3.05, 3.63) is 46.7 Å². The molecular weight excluding hydrogens is 326 g/mol. The van der Waals surface area contributed by atoms with E-state index in [0.29, 0.717) is 11.5 Å². The van der Waals surface area contributed by atoms with E-state index in [4.69, 9.17) is 9.15 Å². The van der Waals surface area contributed by atoms with Gasteiger partial charge >= 0.3 is 5.97 Å². The predicted octanol–water partition coefficient (Wildman–Crippen LogP) is 3.23. The van der Waals surface area contributed by atoms with Gasteiger partial charge in [0.15, 0.2) is 11.8 Å². The van der Waals surface area contributed by atoms with E-state index >= 15 is 0 Å². The van der Waals surface area contributed by atoms with Crippen LogP contribution in [0, 0.1) is 0 Å². The quantitative estimate of drug-likeness (QED) is 0.743. The van der Waals surface area contributed by atoms with Gasteiger partial charge in [0.05, 0.1) is 11.8 Å². The van der Waals surface area contributed by atoms with Crippen LogP contribution in [-0.2, 0) is 4.74 Å². The average Bonchev–Trinajstić information content (AvgIpc) is 3.07. The molecule has 0 aliphatic rings. The second-order valence-electron chi connectivity index (χ2n) is 4.17. The first kappa shape index (κ1) is 12.9. The van der Waals surface area contributed by atoms with Crippen LogP contribution in [0.1, 0.15) is 29.4 Å². The summed E-state index contributed by atoms with van der Waals surface area (Å²) in [5.41, 5.74) is 1.35. The lowest BCUT2D eigenvalue weighted by Gasteiger charge is -2.08. The summed E-state index contributed by atoms with van der Waals surface area (Å²) in [5, 5.41) is 0. The summed E-state index contributed by atoms with van der Waals surface area (Å²) in [6.45, 7) is 1.73. The van der Waals surface area contributed by atoms with Crippen LogP contribution in [0.4, 0.5) is 0 Å². The lowest BCUT2D eigenvalue weighted by atomic mass is 10.4. The van der Waals surface area contributed by atoms with Gasteiger partial charge in [0.25, 0.3) is 0 Å². The SMILES string of the molecule is C[C@@H](OC(=O)c1ccco1)c1nc2ncc(Br)cc2[nH]1. The van der Waals surface area contributed by atoms with E-state index in [-0.39, 0.29) is 5.76 Å². The van der Waals surface area contributed by atoms with Crippen molar-refractivity contribution >= 4 is 33.1 Å². The Hall–Kier alpha value is -2.15. The van der Waals surface area contributed by atoms with Gasteiger partial charge in [-0.25, -0.2) is 14.8 Å². The smallest absolute Gasteiger partial charge is 0.374 e. The van der Waals surface area contributed by atoms with Crippen molar-refractivity contribution in [3.8, 4) is 0 Å². The van der Waals surface area contributed by atoms with Crippen molar-refractivity contribution in [2.75, 3.05) is 0 Å². The molecule has 0 fully saturated rings. The topological polar surface area (TPSA) is 81.0 Å². The third kappa shape index (κ3) is 2.44. The van der Waals surface area contributed by atoms with Gasteiger partial charge < -0.3 is 14.1 Å². The molecular formula is C13H10BrN3O3. The molecule has 20 heavy (non-hydrogen) atoms. The number of fused-ring (bicyclic) bond motifs is 1. The van der Waals surface area contributed by atoms with Crippen molar-refractivity contribution in [2.24, 2.45) is 0 Å². The molecule has 0 amide bonds. The number of pyridine rings is 1. The van der Waals surface area contributed by atoms with Gasteiger partial charge in [0.2, 0.25) is 5.76 Å². The minimum absolute atomic E-state index is 0.161. The summed E-state index contributed by atoms with van der Waals surface area (Å²) >= 11 is 3.34. The number of ether oxygens (including phenoxy) is 1. The highest BCUT2D eigenvalue weighted by Gasteiger charge is 2.18. The van der Waals surface area contributed by atoms with Crippen molar-refractivity contribution in [1.82, 2.24) is 15.0 Å². The molecule has 0 aliphatic carbocycles. The Bertz CT molecular complexity index is 751. The predicted molar refractivity (Wildman–Crippen MR) is 74.1 cm³/mol. The maximum atomic E-state index is 11.8. The number of imidazole rings is 1. The van der Waals surface area contributed by atoms with E-state index in [1.807, 2.05) is 6.07 Å². The van der Waals surface area contributed by atoms with E-state index in [2.05, 4.69) is 30.9 Å². The highest BCUT2D eigenvalue weighted by atomic mass is 79.9. The largest absolute Gasteiger partial charge is 0.457 e. The second kappa shape index (κ2) is 5.09. The van der Waals surface area contributed by atoms with Crippen LogP contribution in [-0.4, -0.2) is 20.9 Å². The van der Waals surface area contributed by atoms with E-state index < -0.39 is 12.1 Å². The van der Waals surface area contributed by atoms with Crippen LogP contribution in [0.15, 0.2) is 39.5 Å². The van der Waals surface area contributed by atoms with Crippen molar-refractivity contribution in [1.29, 1.82) is 0 Å². The molecule has 6 nitrogen and oxygen atoms in total. The first-order chi connectivity index (χ1) is 9.63. The van der Waals surface area contributed by atoms with Gasteiger partial charge in [-0.2, -0.15) is 0 Å². The molecule has 3 aromatic rings. The molecule has 0 aromatic carbocycles. The minimum atomic E-state index is -0.530. The molecule has 1 atom stereocenters. The summed E-state index contributed by atoms with van der Waals surface area (Å²) in [4.78, 5) is 23.3. The van der Waals surface area contributed by atoms with E-state index in [1.54, 1.807) is 25.3 Å². The molecule has 1 N–H and O–H groups in total. The van der Waals surface area contributed by atoms with Crippen LogP contribution in [0.2, 0.25) is 0 Å². The molecule has 3 rings (SSSR count). The number of rotatable bonds is 3. The summed E-state index contributed by atoms with van der Waals surface area (Å²) in [6.07, 6.45) is 2.55. The number of carbonyl (C=O) groups is 1. The number of furan rings is 1. The average molecular weight is 336 g/mol. The highest BCUT2D eigenvalue weighted by Crippen LogP contribution is 2.21. The number of carbonyl (C=O) groups excluding carboxylic acids is 1. The van der Waals surface area contributed by atoms with Crippen molar-refractivity contribution in [2.45, 2.75) is 13.0 Å². The number of H-pyrrole nitrogens is 1. The highest BCUT2D eigenvalue weighted by molar-refractivity contribution is 9.10. The van der Waals surface area contributed by atoms with E-state index in [1.165, 1.54) is 6.26 Å². The fourth-order valence-corrected chi connectivity index (χ4v) is 2.09. The Morgan fingerprint density at radius 2 is 2.40 bits per heavy atom. The van der Waals surface area contributed by atoms with E-state index in [9.17, 15) is 4.79 Å². The molecule has 3 aromatic heterocycles. The van der Waals surface area contributed by atoms with Crippen molar-refractivity contribution < 1.29 is 13.9 Å². The molecule has 0 aliphatic heterocycles. The lowest BCUT2D eigenvalue weighted by Crippen LogP contribution is -2.09. The zero-order valence-electron chi connectivity index (χ0n) is 10.5. The number of esters is 1. The lowest BCUT2D eigenvalue weighted by molar-refractivity contribution is 0.0286. The number of nitrogens with one attached hydrogen (secondary N) is 1. The van der Waals surface area contributed by atoms with Crippen molar-refractivity contribution in [3.63, 3.8) is 0 Å². The fraction of sp³-hybridized carbons (Fsp3) is 0.154. The van der Waals surface area contributed by atoms with Crippen LogP contribution in [0.5, 0.6) is 0 Å². The van der Waals surface area contributed by atoms with Gasteiger partial charge in [0, 0.05) is 10.7 Å². The maximum absolute atomic E-state index is 11.8. The van der Waals surface area contributed by atoms with Gasteiger partial charge in [-0.3, -0.25) is 0 Å². The molecule has 0 saturated carbocycles. The fourth-order valence-electron chi connectivity index (χ4n) is 1.75. The monoisotopic (exact) mass is 335 g/mol. The van der Waals surface area contributed by atoms with Gasteiger partial charge in [-0.15, -0.1) is 0 Å². The van der Waals surface area contributed by atoms with Gasteiger partial charge in [-0.05, 0) is 41.1 Å².